The van der Waals surface area contributed by atoms with Gasteiger partial charge in [-0.1, -0.05) is 48.5 Å². The summed E-state index contributed by atoms with van der Waals surface area (Å²) in [6, 6.07) is 22.2. The minimum Gasteiger partial charge on any atom is -0.480 e. The summed E-state index contributed by atoms with van der Waals surface area (Å²) >= 11 is 0. The highest BCUT2D eigenvalue weighted by atomic mass is 19.1. The van der Waals surface area contributed by atoms with Crippen LogP contribution in [0.3, 0.4) is 0 Å². The van der Waals surface area contributed by atoms with E-state index in [1.54, 1.807) is 36.4 Å². The van der Waals surface area contributed by atoms with Crippen molar-refractivity contribution in [3.63, 3.8) is 0 Å². The molecule has 0 unspecified atom stereocenters. The number of H-pyrrole nitrogens is 1. The predicted molar refractivity (Wildman–Crippen MR) is 153 cm³/mol. The lowest BCUT2D eigenvalue weighted by Crippen LogP contribution is -2.42. The van der Waals surface area contributed by atoms with E-state index in [2.05, 4.69) is 20.8 Å². The van der Waals surface area contributed by atoms with Crippen molar-refractivity contribution >= 4 is 29.1 Å². The Hall–Kier alpha value is -5.58. The van der Waals surface area contributed by atoms with E-state index in [4.69, 9.17) is 0 Å². The van der Waals surface area contributed by atoms with Gasteiger partial charge in [0, 0.05) is 18.3 Å². The monoisotopic (exact) mass is 567 g/mol. The molecule has 0 fully saturated rings. The van der Waals surface area contributed by atoms with Crippen molar-refractivity contribution in [1.29, 1.82) is 0 Å². The fourth-order valence-corrected chi connectivity index (χ4v) is 4.61. The van der Waals surface area contributed by atoms with E-state index >= 15 is 0 Å². The highest BCUT2D eigenvalue weighted by Gasteiger charge is 2.23. The van der Waals surface area contributed by atoms with Crippen molar-refractivity contribution in [2.24, 2.45) is 0 Å². The van der Waals surface area contributed by atoms with Gasteiger partial charge in [-0.3, -0.25) is 9.59 Å². The van der Waals surface area contributed by atoms with Crippen molar-refractivity contribution in [2.45, 2.75) is 25.3 Å². The number of aromatic amines is 1. The van der Waals surface area contributed by atoms with Gasteiger partial charge in [0.1, 0.15) is 11.9 Å². The second-order valence-corrected chi connectivity index (χ2v) is 9.71. The molecular formula is C31H26FN5O5. The Morgan fingerprint density at radius 1 is 0.905 bits per heavy atom. The lowest BCUT2D eigenvalue weighted by atomic mass is 9.97. The van der Waals surface area contributed by atoms with Crippen LogP contribution in [-0.4, -0.2) is 43.5 Å². The molecule has 0 radical (unpaired) electrons. The van der Waals surface area contributed by atoms with Crippen LogP contribution in [0.2, 0.25) is 0 Å². The number of rotatable bonds is 10. The van der Waals surface area contributed by atoms with Gasteiger partial charge in [-0.2, -0.15) is 5.10 Å². The number of hydrogen-bond acceptors (Lipinski definition) is 5. The number of aliphatic carboxylic acids is 1. The van der Waals surface area contributed by atoms with Crippen LogP contribution in [0, 0.1) is 5.82 Å². The standard InChI is InChI=1S/C31H26FN5O5/c32-23-11-7-19(8-12-23)16-21-4-1-2-5-22(21)18-27(38)33-24-13-9-20(10-14-24)17-26(30(40)41)34-29(39)25-6-3-15-37-28(25)35-36-31(37)42/h1-15,26H,16-18H2,(H,33,38)(H,34,39)(H,36,42)(H,40,41)/t26-/m1/s1. The van der Waals surface area contributed by atoms with Gasteiger partial charge in [-0.05, 0) is 65.1 Å². The number of carbonyl (C=O) groups is 3. The number of nitrogens with one attached hydrogen (secondary N) is 3. The zero-order valence-electron chi connectivity index (χ0n) is 22.2. The molecule has 4 N–H and O–H groups in total. The van der Waals surface area contributed by atoms with E-state index in [1.807, 2.05) is 24.3 Å². The zero-order chi connectivity index (χ0) is 29.6. The van der Waals surface area contributed by atoms with Gasteiger partial charge >= 0.3 is 11.7 Å². The van der Waals surface area contributed by atoms with Gasteiger partial charge in [0.2, 0.25) is 5.91 Å². The summed E-state index contributed by atoms with van der Waals surface area (Å²) in [6.45, 7) is 0. The molecule has 3 aromatic carbocycles. The molecule has 2 amide bonds. The smallest absolute Gasteiger partial charge is 0.347 e. The summed E-state index contributed by atoms with van der Waals surface area (Å²) in [5, 5.41) is 21.1. The van der Waals surface area contributed by atoms with Gasteiger partial charge in [-0.15, -0.1) is 0 Å². The van der Waals surface area contributed by atoms with E-state index < -0.39 is 23.6 Å². The molecule has 5 aromatic rings. The van der Waals surface area contributed by atoms with E-state index in [-0.39, 0.29) is 35.8 Å². The molecule has 2 aromatic heterocycles. The van der Waals surface area contributed by atoms with Gasteiger partial charge < -0.3 is 15.7 Å². The number of aromatic nitrogens is 3. The average Bonchev–Trinajstić information content (AvgIpc) is 3.36. The number of carboxylic acids is 1. The van der Waals surface area contributed by atoms with Gasteiger partial charge in [0.05, 0.1) is 12.0 Å². The number of halogens is 1. The second kappa shape index (κ2) is 12.3. The molecule has 0 aliphatic rings. The molecule has 0 saturated carbocycles. The van der Waals surface area contributed by atoms with E-state index in [0.29, 0.717) is 17.7 Å². The Morgan fingerprint density at radius 3 is 2.31 bits per heavy atom. The van der Waals surface area contributed by atoms with Crippen LogP contribution in [0.4, 0.5) is 10.1 Å². The third kappa shape index (κ3) is 6.58. The summed E-state index contributed by atoms with van der Waals surface area (Å²) in [5.74, 6) is -2.44. The molecule has 212 valence electrons. The molecule has 10 nitrogen and oxygen atoms in total. The molecule has 42 heavy (non-hydrogen) atoms. The fourth-order valence-electron chi connectivity index (χ4n) is 4.61. The number of nitrogens with zero attached hydrogens (tertiary/aromatic N) is 2. The summed E-state index contributed by atoms with van der Waals surface area (Å²) in [7, 11) is 0. The first kappa shape index (κ1) is 28.0. The average molecular weight is 568 g/mol. The Bertz CT molecular complexity index is 1810. The number of amides is 2. The quantitative estimate of drug-likeness (QED) is 0.204. The summed E-state index contributed by atoms with van der Waals surface area (Å²) in [5.41, 5.74) is 3.53. The van der Waals surface area contributed by atoms with Crippen molar-refractivity contribution in [1.82, 2.24) is 19.9 Å². The molecule has 0 bridgehead atoms. The van der Waals surface area contributed by atoms with Crippen molar-refractivity contribution in [3.05, 3.63) is 135 Å². The first-order valence-corrected chi connectivity index (χ1v) is 13.1. The third-order valence-electron chi connectivity index (χ3n) is 6.75. The number of benzene rings is 3. The number of carbonyl (C=O) groups excluding carboxylic acids is 2. The second-order valence-electron chi connectivity index (χ2n) is 9.71. The highest BCUT2D eigenvalue weighted by Crippen LogP contribution is 2.18. The summed E-state index contributed by atoms with van der Waals surface area (Å²) < 4.78 is 14.4. The maximum atomic E-state index is 13.3. The summed E-state index contributed by atoms with van der Waals surface area (Å²) in [4.78, 5) is 49.4. The van der Waals surface area contributed by atoms with Gasteiger partial charge in [0.15, 0.2) is 5.65 Å². The lowest BCUT2D eigenvalue weighted by molar-refractivity contribution is -0.139. The van der Waals surface area contributed by atoms with Crippen LogP contribution in [0.15, 0.2) is 95.9 Å². The molecule has 1 atom stereocenters. The maximum absolute atomic E-state index is 13.3. The molecule has 0 aliphatic carbocycles. The molecule has 11 heteroatoms. The SMILES string of the molecule is O=C(Cc1ccccc1Cc1ccc(F)cc1)Nc1ccc(C[C@@H](NC(=O)c2cccn3c(=O)[nH]nc23)C(=O)O)cc1. The van der Waals surface area contributed by atoms with Crippen LogP contribution in [0.5, 0.6) is 0 Å². The topological polar surface area (TPSA) is 146 Å². The predicted octanol–water partition coefficient (Wildman–Crippen LogP) is 3.36. The number of hydrogen-bond donors (Lipinski definition) is 4. The van der Waals surface area contributed by atoms with Crippen LogP contribution >= 0.6 is 0 Å². The van der Waals surface area contributed by atoms with E-state index in [0.717, 1.165) is 21.1 Å². The molecular weight excluding hydrogens is 541 g/mol. The Labute approximate surface area is 238 Å². The molecule has 0 spiro atoms. The lowest BCUT2D eigenvalue weighted by Gasteiger charge is -2.15. The van der Waals surface area contributed by atoms with Crippen LogP contribution in [0.1, 0.15) is 32.6 Å². The number of fused-ring (bicyclic) bond motifs is 1. The van der Waals surface area contributed by atoms with Crippen molar-refractivity contribution in [2.75, 3.05) is 5.32 Å². The number of pyridine rings is 1. The Kier molecular flexibility index (Phi) is 8.19. The first-order chi connectivity index (χ1) is 20.3. The zero-order valence-corrected chi connectivity index (χ0v) is 22.2. The molecule has 0 aliphatic heterocycles. The number of carboxylic acid groups (broad SMARTS) is 1. The van der Waals surface area contributed by atoms with Crippen molar-refractivity contribution in [3.8, 4) is 0 Å². The molecule has 2 heterocycles. The van der Waals surface area contributed by atoms with Crippen LogP contribution < -0.4 is 16.3 Å². The maximum Gasteiger partial charge on any atom is 0.347 e. The van der Waals surface area contributed by atoms with E-state index in [9.17, 15) is 28.7 Å². The van der Waals surface area contributed by atoms with Gasteiger partial charge in [0.25, 0.3) is 5.91 Å². The van der Waals surface area contributed by atoms with Crippen LogP contribution in [0.25, 0.3) is 5.65 Å². The summed E-state index contributed by atoms with van der Waals surface area (Å²) in [6.07, 6.45) is 2.14. The fraction of sp³-hybridized carbons (Fsp3) is 0.129. The highest BCUT2D eigenvalue weighted by molar-refractivity contribution is 6.01. The minimum absolute atomic E-state index is 0.0114. The first-order valence-electron chi connectivity index (χ1n) is 13.1. The molecule has 0 saturated heterocycles. The van der Waals surface area contributed by atoms with E-state index in [1.165, 1.54) is 30.5 Å². The third-order valence-corrected chi connectivity index (χ3v) is 6.75. The van der Waals surface area contributed by atoms with Gasteiger partial charge in [-0.25, -0.2) is 23.5 Å². The largest absolute Gasteiger partial charge is 0.480 e. The minimum atomic E-state index is -1.25. The normalized spacial score (nSPS) is 11.6. The number of anilines is 1. The van der Waals surface area contributed by atoms with Crippen molar-refractivity contribution < 1.29 is 23.9 Å². The molecule has 5 rings (SSSR count). The Balaban J connectivity index is 1.20. The van der Waals surface area contributed by atoms with Crippen LogP contribution in [-0.2, 0) is 28.9 Å². The Morgan fingerprint density at radius 2 is 1.60 bits per heavy atom.